The Balaban J connectivity index is 2.04. The summed E-state index contributed by atoms with van der Waals surface area (Å²) in [5.74, 6) is -0.163. The topological polar surface area (TPSA) is 96.0 Å². The number of hydrogen-bond acceptors (Lipinski definition) is 5. The molecule has 0 fully saturated rings. The number of sulfonamides is 1. The van der Waals surface area contributed by atoms with E-state index < -0.39 is 28.5 Å². The highest BCUT2D eigenvalue weighted by molar-refractivity contribution is 7.92. The van der Waals surface area contributed by atoms with Crippen LogP contribution in [0.25, 0.3) is 0 Å². The van der Waals surface area contributed by atoms with Crippen LogP contribution >= 0.6 is 0 Å². The molecule has 0 aromatic heterocycles. The van der Waals surface area contributed by atoms with Crippen molar-refractivity contribution in [1.82, 2.24) is 10.2 Å². The van der Waals surface area contributed by atoms with E-state index in [4.69, 9.17) is 4.74 Å². The normalized spacial score (nSPS) is 12.7. The molecule has 3 aromatic carbocycles. The predicted molar refractivity (Wildman–Crippen MR) is 163 cm³/mol. The second-order valence-electron chi connectivity index (χ2n) is 10.2. The summed E-state index contributed by atoms with van der Waals surface area (Å²) in [6.45, 7) is 7.89. The third-order valence-electron chi connectivity index (χ3n) is 6.82. The number of rotatable bonds is 14. The van der Waals surface area contributed by atoms with Gasteiger partial charge in [-0.05, 0) is 62.6 Å². The van der Waals surface area contributed by atoms with Gasteiger partial charge in [0.25, 0.3) is 0 Å². The Labute approximate surface area is 244 Å². The largest absolute Gasteiger partial charge is 0.494 e. The first-order valence-corrected chi connectivity index (χ1v) is 15.8. The Morgan fingerprint density at radius 2 is 1.59 bits per heavy atom. The Kier molecular flexibility index (Phi) is 11.3. The summed E-state index contributed by atoms with van der Waals surface area (Å²) in [6, 6.07) is 22.9. The Morgan fingerprint density at radius 3 is 2.17 bits per heavy atom. The number of carbonyl (C=O) groups excluding carboxylic acids is 2. The number of benzene rings is 3. The molecular weight excluding hydrogens is 538 g/mol. The number of amides is 2. The molecule has 2 atom stereocenters. The molecule has 0 saturated heterocycles. The van der Waals surface area contributed by atoms with Gasteiger partial charge < -0.3 is 15.0 Å². The predicted octanol–water partition coefficient (Wildman–Crippen LogP) is 4.71. The van der Waals surface area contributed by atoms with Crippen LogP contribution in [-0.4, -0.2) is 56.6 Å². The lowest BCUT2D eigenvalue weighted by Crippen LogP contribution is -2.54. The molecule has 0 bridgehead atoms. The number of carbonyl (C=O) groups is 2. The van der Waals surface area contributed by atoms with Crippen molar-refractivity contribution in [3.8, 4) is 5.75 Å². The monoisotopic (exact) mass is 579 g/mol. The molecule has 41 heavy (non-hydrogen) atoms. The van der Waals surface area contributed by atoms with Crippen LogP contribution in [0.15, 0.2) is 78.9 Å². The molecule has 0 unspecified atom stereocenters. The third-order valence-corrected chi connectivity index (χ3v) is 7.96. The van der Waals surface area contributed by atoms with Gasteiger partial charge in [-0.1, -0.05) is 67.1 Å². The first kappa shape index (κ1) is 31.7. The second-order valence-corrected chi connectivity index (χ2v) is 12.1. The molecule has 3 rings (SSSR count). The number of ether oxygens (including phenoxy) is 1. The lowest BCUT2D eigenvalue weighted by Gasteiger charge is -2.34. The van der Waals surface area contributed by atoms with Crippen molar-refractivity contribution >= 4 is 27.5 Å². The maximum atomic E-state index is 14.1. The molecule has 0 aliphatic carbocycles. The molecule has 0 radical (unpaired) electrons. The van der Waals surface area contributed by atoms with Crippen LogP contribution in [0.3, 0.4) is 0 Å². The van der Waals surface area contributed by atoms with E-state index in [1.54, 1.807) is 24.3 Å². The van der Waals surface area contributed by atoms with Crippen molar-refractivity contribution in [2.45, 2.75) is 59.2 Å². The lowest BCUT2D eigenvalue weighted by atomic mass is 10.0. The average molecular weight is 580 g/mol. The molecule has 9 heteroatoms. The molecule has 220 valence electrons. The van der Waals surface area contributed by atoms with Crippen LogP contribution in [-0.2, 0) is 32.6 Å². The first-order valence-electron chi connectivity index (χ1n) is 13.9. The van der Waals surface area contributed by atoms with Gasteiger partial charge in [0.15, 0.2) is 0 Å². The third kappa shape index (κ3) is 9.35. The van der Waals surface area contributed by atoms with Gasteiger partial charge in [-0.3, -0.25) is 13.9 Å². The highest BCUT2D eigenvalue weighted by atomic mass is 32.2. The molecule has 3 aromatic rings. The Bertz CT molecular complexity index is 1390. The van der Waals surface area contributed by atoms with Crippen molar-refractivity contribution in [2.24, 2.45) is 0 Å². The van der Waals surface area contributed by atoms with E-state index in [-0.39, 0.29) is 24.9 Å². The molecule has 8 nitrogen and oxygen atoms in total. The summed E-state index contributed by atoms with van der Waals surface area (Å²) in [5.41, 5.74) is 3.10. The second kappa shape index (κ2) is 14.7. The summed E-state index contributed by atoms with van der Waals surface area (Å²) in [4.78, 5) is 29.4. The smallest absolute Gasteiger partial charge is 0.244 e. The molecule has 1 N–H and O–H groups in total. The maximum absolute atomic E-state index is 14.1. The van der Waals surface area contributed by atoms with E-state index in [0.717, 1.165) is 33.7 Å². The van der Waals surface area contributed by atoms with Gasteiger partial charge in [0.1, 0.15) is 18.3 Å². The number of hydrogen-bond donors (Lipinski definition) is 1. The summed E-state index contributed by atoms with van der Waals surface area (Å²) in [5, 5.41) is 3.04. The summed E-state index contributed by atoms with van der Waals surface area (Å²) < 4.78 is 32.4. The van der Waals surface area contributed by atoms with Crippen LogP contribution in [0.5, 0.6) is 5.75 Å². The fraction of sp³-hybridized carbons (Fsp3) is 0.375. The van der Waals surface area contributed by atoms with Crippen molar-refractivity contribution in [3.05, 3.63) is 95.6 Å². The standard InChI is InChI=1S/C32H41N3O5S/c1-6-25(4)33-32(37)30(21-26-13-9-8-10-14-26)34(22-27-15-11-12-24(3)20-27)31(36)23-35(41(5,38)39)28-16-18-29(19-17-28)40-7-2/h8-20,25,30H,6-7,21-23H2,1-5H3,(H,33,37)/t25-,30+/m0/s1. The quantitative estimate of drug-likeness (QED) is 0.298. The van der Waals surface area contributed by atoms with E-state index >= 15 is 0 Å². The van der Waals surface area contributed by atoms with E-state index in [0.29, 0.717) is 18.0 Å². The summed E-state index contributed by atoms with van der Waals surface area (Å²) in [6.07, 6.45) is 2.08. The Hall–Kier alpha value is -3.85. The van der Waals surface area contributed by atoms with Crippen molar-refractivity contribution < 1.29 is 22.7 Å². The van der Waals surface area contributed by atoms with Gasteiger partial charge in [0.2, 0.25) is 21.8 Å². The zero-order valence-electron chi connectivity index (χ0n) is 24.5. The molecular formula is C32H41N3O5S. The summed E-state index contributed by atoms with van der Waals surface area (Å²) in [7, 11) is -3.83. The average Bonchev–Trinajstić information content (AvgIpc) is 2.94. The molecule has 0 spiro atoms. The minimum atomic E-state index is -3.83. The van der Waals surface area contributed by atoms with E-state index in [9.17, 15) is 18.0 Å². The lowest BCUT2D eigenvalue weighted by molar-refractivity contribution is -0.140. The van der Waals surface area contributed by atoms with E-state index in [1.807, 2.05) is 82.3 Å². The minimum Gasteiger partial charge on any atom is -0.494 e. The van der Waals surface area contributed by atoms with Crippen LogP contribution in [0.1, 0.15) is 43.9 Å². The van der Waals surface area contributed by atoms with Crippen molar-refractivity contribution in [3.63, 3.8) is 0 Å². The molecule has 2 amide bonds. The fourth-order valence-corrected chi connectivity index (χ4v) is 5.34. The van der Waals surface area contributed by atoms with Crippen LogP contribution in [0, 0.1) is 6.92 Å². The number of nitrogens with one attached hydrogen (secondary N) is 1. The molecule has 0 saturated carbocycles. The molecule has 0 aliphatic rings. The van der Waals surface area contributed by atoms with Crippen LogP contribution < -0.4 is 14.4 Å². The van der Waals surface area contributed by atoms with Gasteiger partial charge in [0, 0.05) is 19.0 Å². The van der Waals surface area contributed by atoms with Crippen molar-refractivity contribution in [1.29, 1.82) is 0 Å². The highest BCUT2D eigenvalue weighted by Gasteiger charge is 2.33. The van der Waals surface area contributed by atoms with Gasteiger partial charge in [-0.2, -0.15) is 0 Å². The Morgan fingerprint density at radius 1 is 0.927 bits per heavy atom. The highest BCUT2D eigenvalue weighted by Crippen LogP contribution is 2.23. The van der Waals surface area contributed by atoms with E-state index in [2.05, 4.69) is 5.32 Å². The van der Waals surface area contributed by atoms with Gasteiger partial charge in [0.05, 0.1) is 18.6 Å². The van der Waals surface area contributed by atoms with Gasteiger partial charge in [-0.25, -0.2) is 8.42 Å². The minimum absolute atomic E-state index is 0.0898. The number of anilines is 1. The van der Waals surface area contributed by atoms with E-state index in [1.165, 1.54) is 4.90 Å². The summed E-state index contributed by atoms with van der Waals surface area (Å²) >= 11 is 0. The van der Waals surface area contributed by atoms with Crippen LogP contribution in [0.4, 0.5) is 5.69 Å². The number of nitrogens with zero attached hydrogens (tertiary/aromatic N) is 2. The van der Waals surface area contributed by atoms with Crippen molar-refractivity contribution in [2.75, 3.05) is 23.7 Å². The first-order chi connectivity index (χ1) is 19.5. The number of aryl methyl sites for hydroxylation is 1. The SMILES string of the molecule is CCOc1ccc(N(CC(=O)N(Cc2cccc(C)c2)[C@H](Cc2ccccc2)C(=O)N[C@@H](C)CC)S(C)(=O)=O)cc1. The zero-order valence-corrected chi connectivity index (χ0v) is 25.4. The molecule has 0 heterocycles. The van der Waals surface area contributed by atoms with Gasteiger partial charge >= 0.3 is 0 Å². The molecule has 0 aliphatic heterocycles. The van der Waals surface area contributed by atoms with Crippen LogP contribution in [0.2, 0.25) is 0 Å². The fourth-order valence-electron chi connectivity index (χ4n) is 4.49. The maximum Gasteiger partial charge on any atom is 0.244 e. The van der Waals surface area contributed by atoms with Gasteiger partial charge in [-0.15, -0.1) is 0 Å². The zero-order chi connectivity index (χ0) is 30.0.